The Hall–Kier alpha value is -2.39. The van der Waals surface area contributed by atoms with E-state index in [2.05, 4.69) is 38.9 Å². The molecule has 0 aliphatic carbocycles. The predicted molar refractivity (Wildman–Crippen MR) is 113 cm³/mol. The number of nitrogens with one attached hydrogen (secondary N) is 1. The molecule has 27 heavy (non-hydrogen) atoms. The molecule has 3 aromatic rings. The van der Waals surface area contributed by atoms with Crippen molar-refractivity contribution < 1.29 is 4.89 Å². The second-order valence-corrected chi connectivity index (χ2v) is 8.42. The van der Waals surface area contributed by atoms with E-state index in [0.717, 1.165) is 24.5 Å². The van der Waals surface area contributed by atoms with Crippen LogP contribution in [0.15, 0.2) is 91.0 Å². The van der Waals surface area contributed by atoms with Gasteiger partial charge < -0.3 is 10.2 Å². The fourth-order valence-corrected chi connectivity index (χ4v) is 5.32. The standard InChI is InChI=1S/C22H24N3OP/c26-27-24(17-19-10-4-1-5-11-19)22(16-23-20-12-6-2-7-13-20)18-25(27)21-14-8-3-9-15-21/h1-15,22-23,27H,16-18H2/t22-/m0/s1. The first-order valence-corrected chi connectivity index (χ1v) is 10.6. The van der Waals surface area contributed by atoms with Gasteiger partial charge in [0.15, 0.2) is 0 Å². The summed E-state index contributed by atoms with van der Waals surface area (Å²) >= 11 is 0. The molecular formula is C22H24N3OP. The highest BCUT2D eigenvalue weighted by molar-refractivity contribution is 7.49. The zero-order valence-electron chi connectivity index (χ0n) is 15.2. The molecule has 1 aliphatic rings. The van der Waals surface area contributed by atoms with Crippen LogP contribution in [0.5, 0.6) is 0 Å². The maximum atomic E-state index is 13.3. The van der Waals surface area contributed by atoms with Crippen LogP contribution in [0.4, 0.5) is 11.4 Å². The molecule has 0 amide bonds. The van der Waals surface area contributed by atoms with Crippen molar-refractivity contribution in [3.8, 4) is 0 Å². The minimum Gasteiger partial charge on any atom is -0.648 e. The van der Waals surface area contributed by atoms with Crippen molar-refractivity contribution in [2.75, 3.05) is 23.1 Å². The first-order valence-electron chi connectivity index (χ1n) is 9.27. The second kappa shape index (κ2) is 8.53. The van der Waals surface area contributed by atoms with E-state index in [4.69, 9.17) is 0 Å². The van der Waals surface area contributed by atoms with Crippen molar-refractivity contribution in [3.63, 3.8) is 0 Å². The number of anilines is 2. The van der Waals surface area contributed by atoms with Crippen molar-refractivity contribution in [2.45, 2.75) is 12.6 Å². The van der Waals surface area contributed by atoms with E-state index in [0.29, 0.717) is 6.54 Å². The van der Waals surface area contributed by atoms with Crippen molar-refractivity contribution in [1.82, 2.24) is 4.67 Å². The lowest BCUT2D eigenvalue weighted by Gasteiger charge is -2.27. The fraction of sp³-hybridized carbons (Fsp3) is 0.182. The number of hydrogen-bond donors (Lipinski definition) is 1. The molecule has 1 N–H and O–H groups in total. The van der Waals surface area contributed by atoms with Crippen LogP contribution in [-0.2, 0) is 6.54 Å². The summed E-state index contributed by atoms with van der Waals surface area (Å²) in [5.41, 5.74) is 3.31. The third-order valence-corrected chi connectivity index (χ3v) is 6.81. The third kappa shape index (κ3) is 4.30. The molecule has 1 aliphatic heterocycles. The molecule has 1 saturated heterocycles. The Morgan fingerprint density at radius 2 is 1.44 bits per heavy atom. The average Bonchev–Trinajstić information content (AvgIpc) is 3.04. The Bertz CT molecular complexity index is 832. The summed E-state index contributed by atoms with van der Waals surface area (Å²) in [7, 11) is -2.06. The molecule has 138 valence electrons. The zero-order chi connectivity index (χ0) is 18.5. The molecular weight excluding hydrogens is 353 g/mol. The minimum absolute atomic E-state index is 0.178. The normalized spacial score (nSPS) is 20.0. The number of benzene rings is 3. The lowest BCUT2D eigenvalue weighted by Crippen LogP contribution is -2.35. The summed E-state index contributed by atoms with van der Waals surface area (Å²) in [5.74, 6) is 0. The maximum Gasteiger partial charge on any atom is 0.117 e. The molecule has 2 atom stereocenters. The Kier molecular flexibility index (Phi) is 5.69. The van der Waals surface area contributed by atoms with E-state index in [1.165, 1.54) is 5.56 Å². The summed E-state index contributed by atoms with van der Waals surface area (Å²) in [6.45, 7) is 2.22. The van der Waals surface area contributed by atoms with Crippen LogP contribution in [0.3, 0.4) is 0 Å². The van der Waals surface area contributed by atoms with Gasteiger partial charge >= 0.3 is 0 Å². The van der Waals surface area contributed by atoms with Crippen LogP contribution >= 0.6 is 8.45 Å². The second-order valence-electron chi connectivity index (χ2n) is 6.74. The number of para-hydroxylation sites is 2. The van der Waals surface area contributed by atoms with Crippen molar-refractivity contribution in [2.24, 2.45) is 0 Å². The monoisotopic (exact) mass is 377 g/mol. The van der Waals surface area contributed by atoms with Crippen LogP contribution in [0.2, 0.25) is 0 Å². The van der Waals surface area contributed by atoms with Crippen molar-refractivity contribution in [1.29, 1.82) is 0 Å². The van der Waals surface area contributed by atoms with Gasteiger partial charge in [0, 0.05) is 12.2 Å². The molecule has 0 spiro atoms. The molecule has 0 aromatic heterocycles. The smallest absolute Gasteiger partial charge is 0.117 e. The van der Waals surface area contributed by atoms with Crippen LogP contribution < -0.4 is 14.9 Å². The number of hydrogen-bond acceptors (Lipinski definition) is 4. The zero-order valence-corrected chi connectivity index (χ0v) is 16.2. The minimum atomic E-state index is -2.06. The van der Waals surface area contributed by atoms with Crippen LogP contribution in [0.1, 0.15) is 5.56 Å². The number of rotatable bonds is 6. The van der Waals surface area contributed by atoms with E-state index in [1.54, 1.807) is 0 Å². The lowest BCUT2D eigenvalue weighted by molar-refractivity contribution is -0.170. The Morgan fingerprint density at radius 3 is 2.11 bits per heavy atom. The molecule has 0 bridgehead atoms. The van der Waals surface area contributed by atoms with Gasteiger partial charge in [-0.3, -0.25) is 0 Å². The number of nitrogens with zero attached hydrogens (tertiary/aromatic N) is 2. The van der Waals surface area contributed by atoms with Crippen LogP contribution in [0, 0.1) is 0 Å². The summed E-state index contributed by atoms with van der Waals surface area (Å²) in [5, 5.41) is 3.50. The molecule has 5 heteroatoms. The van der Waals surface area contributed by atoms with Gasteiger partial charge in [-0.15, -0.1) is 0 Å². The molecule has 1 unspecified atom stereocenters. The van der Waals surface area contributed by atoms with Gasteiger partial charge in [0.2, 0.25) is 0 Å². The molecule has 1 heterocycles. The fourth-order valence-electron chi connectivity index (χ4n) is 3.47. The lowest BCUT2D eigenvalue weighted by atomic mass is 10.2. The molecule has 0 saturated carbocycles. The summed E-state index contributed by atoms with van der Waals surface area (Å²) in [6.07, 6.45) is 0. The largest absolute Gasteiger partial charge is 0.648 e. The molecule has 4 nitrogen and oxygen atoms in total. The Morgan fingerprint density at radius 1 is 0.852 bits per heavy atom. The average molecular weight is 377 g/mol. The Balaban J connectivity index is 1.53. The van der Waals surface area contributed by atoms with Gasteiger partial charge in [0.25, 0.3) is 0 Å². The summed E-state index contributed by atoms with van der Waals surface area (Å²) < 4.78 is 4.22. The quantitative estimate of drug-likeness (QED) is 0.664. The summed E-state index contributed by atoms with van der Waals surface area (Å²) in [4.78, 5) is 13.3. The Labute approximate surface area is 162 Å². The highest BCUT2D eigenvalue weighted by Gasteiger charge is 2.40. The first-order chi connectivity index (χ1) is 13.3. The van der Waals surface area contributed by atoms with E-state index >= 15 is 0 Å². The van der Waals surface area contributed by atoms with Crippen LogP contribution in [-0.4, -0.2) is 23.8 Å². The van der Waals surface area contributed by atoms with Gasteiger partial charge in [0.05, 0.1) is 24.8 Å². The summed E-state index contributed by atoms with van der Waals surface area (Å²) in [6, 6.07) is 30.7. The molecule has 0 radical (unpaired) electrons. The first kappa shape index (κ1) is 18.0. The van der Waals surface area contributed by atoms with Crippen LogP contribution in [0.25, 0.3) is 0 Å². The topological polar surface area (TPSA) is 41.6 Å². The third-order valence-electron chi connectivity index (χ3n) is 4.89. The SMILES string of the molecule is [O-][PH+]1N(c2ccccc2)C[C@H](CNc2ccccc2)N1Cc1ccccc1. The van der Waals surface area contributed by atoms with Gasteiger partial charge in [-0.2, -0.15) is 4.67 Å². The molecule has 4 rings (SSSR count). The van der Waals surface area contributed by atoms with Crippen molar-refractivity contribution in [3.05, 3.63) is 96.6 Å². The van der Waals surface area contributed by atoms with Gasteiger partial charge in [-0.1, -0.05) is 66.7 Å². The van der Waals surface area contributed by atoms with Gasteiger partial charge in [-0.05, 0) is 29.8 Å². The van der Waals surface area contributed by atoms with Gasteiger partial charge in [0.1, 0.15) is 8.45 Å². The molecule has 1 fully saturated rings. The maximum absolute atomic E-state index is 13.3. The highest BCUT2D eigenvalue weighted by Crippen LogP contribution is 2.47. The van der Waals surface area contributed by atoms with E-state index in [1.807, 2.05) is 66.7 Å². The highest BCUT2D eigenvalue weighted by atomic mass is 31.2. The van der Waals surface area contributed by atoms with E-state index in [9.17, 15) is 4.89 Å². The van der Waals surface area contributed by atoms with Crippen molar-refractivity contribution >= 4 is 19.8 Å². The molecule has 3 aromatic carbocycles. The van der Waals surface area contributed by atoms with Gasteiger partial charge in [-0.25, -0.2) is 4.67 Å². The van der Waals surface area contributed by atoms with E-state index in [-0.39, 0.29) is 6.04 Å². The predicted octanol–water partition coefficient (Wildman–Crippen LogP) is 3.81. The van der Waals surface area contributed by atoms with E-state index < -0.39 is 8.45 Å².